The molecule has 0 radical (unpaired) electrons. The number of nitrogens with zero attached hydrogens (tertiary/aromatic N) is 1. The van der Waals surface area contributed by atoms with Crippen LogP contribution in [-0.2, 0) is 10.2 Å². The zero-order chi connectivity index (χ0) is 11.6. The standard InChI is InChI=1S/C12H17NO2/c1-8(2)9-6-5-7-10(13-9)12(3,4)11(14)15/h5-8H,1-4H3,(H,14,15). The summed E-state index contributed by atoms with van der Waals surface area (Å²) in [6.45, 7) is 7.42. The van der Waals surface area contributed by atoms with Gasteiger partial charge < -0.3 is 5.11 Å². The fraction of sp³-hybridized carbons (Fsp3) is 0.500. The molecule has 0 aliphatic rings. The second-order valence-corrected chi connectivity index (χ2v) is 4.53. The minimum atomic E-state index is -0.926. The minimum absolute atomic E-state index is 0.314. The Labute approximate surface area is 90.2 Å². The maximum absolute atomic E-state index is 11.1. The lowest BCUT2D eigenvalue weighted by Crippen LogP contribution is -2.29. The van der Waals surface area contributed by atoms with E-state index in [1.807, 2.05) is 26.0 Å². The quantitative estimate of drug-likeness (QED) is 0.828. The number of aromatic nitrogens is 1. The molecule has 3 heteroatoms. The van der Waals surface area contributed by atoms with Crippen molar-refractivity contribution >= 4 is 5.97 Å². The van der Waals surface area contributed by atoms with Gasteiger partial charge in [0.25, 0.3) is 0 Å². The molecule has 0 fully saturated rings. The number of aliphatic carboxylic acids is 1. The summed E-state index contributed by atoms with van der Waals surface area (Å²) in [6, 6.07) is 5.55. The van der Waals surface area contributed by atoms with Crippen molar-refractivity contribution in [1.82, 2.24) is 4.98 Å². The van der Waals surface area contributed by atoms with Crippen molar-refractivity contribution in [2.24, 2.45) is 0 Å². The SMILES string of the molecule is CC(C)c1cccc(C(C)(C)C(=O)O)n1. The van der Waals surface area contributed by atoms with E-state index in [1.54, 1.807) is 19.9 Å². The number of rotatable bonds is 3. The predicted octanol–water partition coefficient (Wildman–Crippen LogP) is 2.57. The molecule has 0 aliphatic heterocycles. The molecule has 0 saturated heterocycles. The molecule has 0 spiro atoms. The topological polar surface area (TPSA) is 50.2 Å². The van der Waals surface area contributed by atoms with Crippen molar-refractivity contribution in [3.05, 3.63) is 29.6 Å². The van der Waals surface area contributed by atoms with E-state index in [4.69, 9.17) is 5.11 Å². The predicted molar refractivity (Wildman–Crippen MR) is 59.0 cm³/mol. The Kier molecular flexibility index (Phi) is 3.12. The maximum atomic E-state index is 11.1. The Bertz CT molecular complexity index is 370. The third-order valence-corrected chi connectivity index (χ3v) is 2.54. The van der Waals surface area contributed by atoms with Gasteiger partial charge >= 0.3 is 5.97 Å². The second-order valence-electron chi connectivity index (χ2n) is 4.53. The van der Waals surface area contributed by atoms with Crippen LogP contribution in [0.5, 0.6) is 0 Å². The highest BCUT2D eigenvalue weighted by Crippen LogP contribution is 2.23. The van der Waals surface area contributed by atoms with Crippen molar-refractivity contribution in [3.63, 3.8) is 0 Å². The van der Waals surface area contributed by atoms with Crippen molar-refractivity contribution in [2.75, 3.05) is 0 Å². The molecule has 0 amide bonds. The van der Waals surface area contributed by atoms with Gasteiger partial charge in [-0.3, -0.25) is 9.78 Å². The minimum Gasteiger partial charge on any atom is -0.481 e. The number of carbonyl (C=O) groups is 1. The van der Waals surface area contributed by atoms with Gasteiger partial charge in [-0.1, -0.05) is 19.9 Å². The van der Waals surface area contributed by atoms with Crippen LogP contribution in [0, 0.1) is 0 Å². The molecule has 82 valence electrons. The first-order valence-electron chi connectivity index (χ1n) is 5.06. The highest BCUT2D eigenvalue weighted by molar-refractivity contribution is 5.79. The summed E-state index contributed by atoms with van der Waals surface area (Å²) in [4.78, 5) is 15.4. The molecule has 15 heavy (non-hydrogen) atoms. The summed E-state index contributed by atoms with van der Waals surface area (Å²) in [5.74, 6) is -0.537. The van der Waals surface area contributed by atoms with Crippen molar-refractivity contribution in [1.29, 1.82) is 0 Å². The van der Waals surface area contributed by atoms with Gasteiger partial charge in [0, 0.05) is 5.69 Å². The maximum Gasteiger partial charge on any atom is 0.315 e. The molecule has 1 aromatic heterocycles. The fourth-order valence-electron chi connectivity index (χ4n) is 1.23. The third kappa shape index (κ3) is 2.35. The van der Waals surface area contributed by atoms with Crippen LogP contribution < -0.4 is 0 Å². The monoisotopic (exact) mass is 207 g/mol. The van der Waals surface area contributed by atoms with E-state index in [0.29, 0.717) is 11.6 Å². The van der Waals surface area contributed by atoms with Crippen LogP contribution in [0.4, 0.5) is 0 Å². The van der Waals surface area contributed by atoms with Gasteiger partial charge in [-0.2, -0.15) is 0 Å². The molecule has 1 rings (SSSR count). The third-order valence-electron chi connectivity index (χ3n) is 2.54. The molecule has 1 heterocycles. The van der Waals surface area contributed by atoms with E-state index in [2.05, 4.69) is 4.98 Å². The molecule has 0 aliphatic carbocycles. The van der Waals surface area contributed by atoms with Crippen molar-refractivity contribution in [3.8, 4) is 0 Å². The van der Waals surface area contributed by atoms with Gasteiger partial charge in [-0.15, -0.1) is 0 Å². The van der Waals surface area contributed by atoms with Gasteiger partial charge in [0.1, 0.15) is 5.41 Å². The second kappa shape index (κ2) is 4.01. The van der Waals surface area contributed by atoms with E-state index >= 15 is 0 Å². The van der Waals surface area contributed by atoms with E-state index in [0.717, 1.165) is 5.69 Å². The molecule has 3 nitrogen and oxygen atoms in total. The lowest BCUT2D eigenvalue weighted by atomic mass is 9.88. The summed E-state index contributed by atoms with van der Waals surface area (Å²) >= 11 is 0. The molecular formula is C12H17NO2. The van der Waals surface area contributed by atoms with Gasteiger partial charge in [0.05, 0.1) is 5.69 Å². The lowest BCUT2D eigenvalue weighted by molar-refractivity contribution is -0.142. The first-order valence-corrected chi connectivity index (χ1v) is 5.06. The molecular weight excluding hydrogens is 190 g/mol. The summed E-state index contributed by atoms with van der Waals surface area (Å²) in [7, 11) is 0. The van der Waals surface area contributed by atoms with E-state index in [9.17, 15) is 4.79 Å². The number of carboxylic acid groups (broad SMARTS) is 1. The Balaban J connectivity index is 3.16. The first kappa shape index (κ1) is 11.7. The zero-order valence-corrected chi connectivity index (χ0v) is 9.61. The van der Waals surface area contributed by atoms with Crippen LogP contribution in [0.2, 0.25) is 0 Å². The van der Waals surface area contributed by atoms with Gasteiger partial charge in [-0.25, -0.2) is 0 Å². The highest BCUT2D eigenvalue weighted by Gasteiger charge is 2.31. The molecule has 1 N–H and O–H groups in total. The van der Waals surface area contributed by atoms with Gasteiger partial charge in [-0.05, 0) is 31.9 Å². The van der Waals surface area contributed by atoms with Crippen LogP contribution in [0.25, 0.3) is 0 Å². The smallest absolute Gasteiger partial charge is 0.315 e. The largest absolute Gasteiger partial charge is 0.481 e. The summed E-state index contributed by atoms with van der Waals surface area (Å²) < 4.78 is 0. The molecule has 0 atom stereocenters. The molecule has 0 unspecified atom stereocenters. The lowest BCUT2D eigenvalue weighted by Gasteiger charge is -2.19. The normalized spacial score (nSPS) is 11.8. The fourth-order valence-corrected chi connectivity index (χ4v) is 1.23. The number of hydrogen-bond donors (Lipinski definition) is 1. The highest BCUT2D eigenvalue weighted by atomic mass is 16.4. The first-order chi connectivity index (χ1) is 6.85. The Morgan fingerprint density at radius 3 is 2.47 bits per heavy atom. The van der Waals surface area contributed by atoms with Crippen LogP contribution in [0.15, 0.2) is 18.2 Å². The van der Waals surface area contributed by atoms with E-state index < -0.39 is 11.4 Å². The summed E-state index contributed by atoms with van der Waals surface area (Å²) in [6.07, 6.45) is 0. The molecule has 0 saturated carbocycles. The Morgan fingerprint density at radius 1 is 1.40 bits per heavy atom. The van der Waals surface area contributed by atoms with Crippen LogP contribution in [-0.4, -0.2) is 16.1 Å². The number of pyridine rings is 1. The van der Waals surface area contributed by atoms with Crippen LogP contribution in [0.1, 0.15) is 45.0 Å². The number of carboxylic acids is 1. The van der Waals surface area contributed by atoms with Gasteiger partial charge in [0.2, 0.25) is 0 Å². The Morgan fingerprint density at radius 2 is 2.00 bits per heavy atom. The summed E-state index contributed by atoms with van der Waals surface area (Å²) in [5, 5.41) is 9.08. The van der Waals surface area contributed by atoms with Crippen LogP contribution in [0.3, 0.4) is 0 Å². The molecule has 1 aromatic rings. The number of hydrogen-bond acceptors (Lipinski definition) is 2. The zero-order valence-electron chi connectivity index (χ0n) is 9.61. The average Bonchev–Trinajstić information content (AvgIpc) is 2.17. The van der Waals surface area contributed by atoms with E-state index in [-0.39, 0.29) is 0 Å². The van der Waals surface area contributed by atoms with Crippen LogP contribution >= 0.6 is 0 Å². The van der Waals surface area contributed by atoms with E-state index in [1.165, 1.54) is 0 Å². The Hall–Kier alpha value is -1.38. The average molecular weight is 207 g/mol. The van der Waals surface area contributed by atoms with Crippen molar-refractivity contribution < 1.29 is 9.90 Å². The molecule has 0 aromatic carbocycles. The summed E-state index contributed by atoms with van der Waals surface area (Å²) in [5.41, 5.74) is 0.619. The van der Waals surface area contributed by atoms with Crippen molar-refractivity contribution in [2.45, 2.75) is 39.0 Å². The molecule has 0 bridgehead atoms. The van der Waals surface area contributed by atoms with Gasteiger partial charge in [0.15, 0.2) is 0 Å².